The fraction of sp³-hybridized carbons (Fsp3) is 0.440. The largest absolute Gasteiger partial charge is 0.494 e. The third-order valence-electron chi connectivity index (χ3n) is 5.85. The van der Waals surface area contributed by atoms with Gasteiger partial charge >= 0.3 is 19.4 Å². The number of benzene rings is 2. The van der Waals surface area contributed by atoms with Gasteiger partial charge in [-0.15, -0.1) is 0 Å². The summed E-state index contributed by atoms with van der Waals surface area (Å²) in [5.74, 6) is -0.834. The van der Waals surface area contributed by atoms with Crippen molar-refractivity contribution in [1.82, 2.24) is 0 Å². The molecule has 0 saturated carbocycles. The number of imide groups is 1. The number of halogens is 3. The van der Waals surface area contributed by atoms with E-state index in [0.29, 0.717) is 4.90 Å². The molecule has 0 N–H and O–H groups in total. The molecule has 2 aromatic carbocycles. The van der Waals surface area contributed by atoms with E-state index < -0.39 is 47.7 Å². The van der Waals surface area contributed by atoms with E-state index >= 15 is 0 Å². The van der Waals surface area contributed by atoms with Crippen LogP contribution < -0.4 is 10.4 Å². The van der Waals surface area contributed by atoms with Crippen molar-refractivity contribution in [2.75, 3.05) is 4.90 Å². The van der Waals surface area contributed by atoms with Gasteiger partial charge < -0.3 is 14.0 Å². The number of hydrogen-bond acceptors (Lipinski definition) is 5. The standard InChI is InChI=1S/C25H29BF3NO5/c1-22(2,3)33-21(32)30(20(31)16-11-9-8-10-12-16)19-14-17(25(27,28)29)13-18(15-19)26-34-23(4,5)24(6,7)35-26/h8-15H,1-7H3. The highest BCUT2D eigenvalue weighted by atomic mass is 19.4. The van der Waals surface area contributed by atoms with Gasteiger partial charge in [0, 0.05) is 5.56 Å². The third kappa shape index (κ3) is 5.87. The number of rotatable bonds is 3. The average Bonchev–Trinajstić information content (AvgIpc) is 2.93. The minimum atomic E-state index is -4.76. The molecule has 2 amide bonds. The minimum Gasteiger partial charge on any atom is -0.443 e. The van der Waals surface area contributed by atoms with E-state index in [2.05, 4.69) is 0 Å². The lowest BCUT2D eigenvalue weighted by Crippen LogP contribution is -2.42. The zero-order valence-corrected chi connectivity index (χ0v) is 20.8. The Hall–Kier alpha value is -2.85. The summed E-state index contributed by atoms with van der Waals surface area (Å²) in [6.07, 6.45) is -5.87. The lowest BCUT2D eigenvalue weighted by atomic mass is 9.78. The highest BCUT2D eigenvalue weighted by Gasteiger charge is 2.52. The molecule has 0 aromatic heterocycles. The second-order valence-corrected chi connectivity index (χ2v) is 10.4. The maximum Gasteiger partial charge on any atom is 0.494 e. The van der Waals surface area contributed by atoms with Crippen molar-refractivity contribution in [1.29, 1.82) is 0 Å². The van der Waals surface area contributed by atoms with Gasteiger partial charge in [0.25, 0.3) is 5.91 Å². The van der Waals surface area contributed by atoms with Crippen LogP contribution in [0.15, 0.2) is 48.5 Å². The van der Waals surface area contributed by atoms with Crippen molar-refractivity contribution >= 4 is 30.3 Å². The van der Waals surface area contributed by atoms with Crippen LogP contribution in [-0.4, -0.2) is 35.9 Å². The quantitative estimate of drug-likeness (QED) is 0.525. The van der Waals surface area contributed by atoms with E-state index in [-0.39, 0.29) is 16.7 Å². The van der Waals surface area contributed by atoms with Gasteiger partial charge in [-0.25, -0.2) is 9.69 Å². The summed E-state index contributed by atoms with van der Waals surface area (Å²) in [5, 5.41) is 0. The van der Waals surface area contributed by atoms with Crippen molar-refractivity contribution < 1.29 is 36.8 Å². The van der Waals surface area contributed by atoms with Gasteiger partial charge in [0.2, 0.25) is 0 Å². The summed E-state index contributed by atoms with van der Waals surface area (Å²) in [6, 6.07) is 10.7. The molecule has 6 nitrogen and oxygen atoms in total. The van der Waals surface area contributed by atoms with Crippen LogP contribution in [0.25, 0.3) is 0 Å². The number of ether oxygens (including phenoxy) is 1. The average molecular weight is 491 g/mol. The number of alkyl halides is 3. The molecule has 35 heavy (non-hydrogen) atoms. The number of anilines is 1. The van der Waals surface area contributed by atoms with Crippen molar-refractivity contribution in [3.05, 3.63) is 59.7 Å². The molecule has 0 unspecified atom stereocenters. The molecular formula is C25H29BF3NO5. The molecule has 1 saturated heterocycles. The molecule has 3 rings (SSSR count). The van der Waals surface area contributed by atoms with Crippen molar-refractivity contribution in [2.45, 2.75) is 71.4 Å². The first-order valence-electron chi connectivity index (χ1n) is 11.1. The first kappa shape index (κ1) is 26.8. The van der Waals surface area contributed by atoms with Crippen LogP contribution >= 0.6 is 0 Å². The molecule has 10 heteroatoms. The normalized spacial score (nSPS) is 17.3. The Kier molecular flexibility index (Phi) is 6.87. The molecule has 1 aliphatic rings. The Morgan fingerprint density at radius 2 is 1.46 bits per heavy atom. The highest BCUT2D eigenvalue weighted by molar-refractivity contribution is 6.62. The molecule has 0 aliphatic carbocycles. The molecule has 0 radical (unpaired) electrons. The molecule has 0 atom stereocenters. The predicted octanol–water partition coefficient (Wildman–Crippen LogP) is 5.59. The second kappa shape index (κ2) is 8.98. The Bertz CT molecular complexity index is 1090. The maximum atomic E-state index is 13.9. The number of nitrogens with zero attached hydrogens (tertiary/aromatic N) is 1. The number of amides is 2. The second-order valence-electron chi connectivity index (χ2n) is 10.4. The molecule has 1 heterocycles. The van der Waals surface area contributed by atoms with Gasteiger partial charge in [0.1, 0.15) is 5.60 Å². The van der Waals surface area contributed by atoms with Crippen molar-refractivity contribution in [3.63, 3.8) is 0 Å². The SMILES string of the molecule is CC(C)(C)OC(=O)N(C(=O)c1ccccc1)c1cc(B2OC(C)(C)C(C)(C)O2)cc(C(F)(F)F)c1. The van der Waals surface area contributed by atoms with Crippen molar-refractivity contribution in [2.24, 2.45) is 0 Å². The summed E-state index contributed by atoms with van der Waals surface area (Å²) in [4.78, 5) is 27.1. The molecule has 0 bridgehead atoms. The minimum absolute atomic E-state index is 0.0166. The number of carbonyl (C=O) groups excluding carboxylic acids is 2. The predicted molar refractivity (Wildman–Crippen MR) is 127 cm³/mol. The molecule has 1 aliphatic heterocycles. The van der Waals surface area contributed by atoms with E-state index in [4.69, 9.17) is 14.0 Å². The summed E-state index contributed by atoms with van der Waals surface area (Å²) >= 11 is 0. The van der Waals surface area contributed by atoms with E-state index in [1.165, 1.54) is 18.2 Å². The molecular weight excluding hydrogens is 462 g/mol. The van der Waals surface area contributed by atoms with Gasteiger partial charge in [-0.2, -0.15) is 13.2 Å². The lowest BCUT2D eigenvalue weighted by Gasteiger charge is -2.32. The van der Waals surface area contributed by atoms with E-state index in [1.807, 2.05) is 0 Å². The summed E-state index contributed by atoms with van der Waals surface area (Å²) in [7, 11) is -1.15. The summed E-state index contributed by atoms with van der Waals surface area (Å²) in [5.41, 5.74) is -3.87. The van der Waals surface area contributed by atoms with Gasteiger partial charge in [-0.3, -0.25) is 4.79 Å². The zero-order valence-electron chi connectivity index (χ0n) is 20.8. The van der Waals surface area contributed by atoms with Crippen LogP contribution in [0.2, 0.25) is 0 Å². The van der Waals surface area contributed by atoms with E-state index in [0.717, 1.165) is 12.1 Å². The van der Waals surface area contributed by atoms with Gasteiger partial charge in [0.15, 0.2) is 0 Å². The molecule has 0 spiro atoms. The van der Waals surface area contributed by atoms with Crippen molar-refractivity contribution in [3.8, 4) is 0 Å². The fourth-order valence-electron chi connectivity index (χ4n) is 3.37. The first-order chi connectivity index (χ1) is 15.9. The van der Waals surface area contributed by atoms with E-state index in [1.54, 1.807) is 66.7 Å². The van der Waals surface area contributed by atoms with Crippen LogP contribution in [0.5, 0.6) is 0 Å². The maximum absolute atomic E-state index is 13.9. The summed E-state index contributed by atoms with van der Waals surface area (Å²) < 4.78 is 58.9. The van der Waals surface area contributed by atoms with Crippen LogP contribution in [0, 0.1) is 0 Å². The van der Waals surface area contributed by atoms with Gasteiger partial charge in [0.05, 0.1) is 22.5 Å². The zero-order chi connectivity index (χ0) is 26.4. The highest BCUT2D eigenvalue weighted by Crippen LogP contribution is 2.38. The Morgan fingerprint density at radius 1 is 0.914 bits per heavy atom. The number of carbonyl (C=O) groups is 2. The number of hydrogen-bond donors (Lipinski definition) is 0. The molecule has 188 valence electrons. The fourth-order valence-corrected chi connectivity index (χ4v) is 3.37. The van der Waals surface area contributed by atoms with Gasteiger partial charge in [-0.1, -0.05) is 24.3 Å². The van der Waals surface area contributed by atoms with Crippen LogP contribution in [0.4, 0.5) is 23.7 Å². The van der Waals surface area contributed by atoms with E-state index in [9.17, 15) is 22.8 Å². The van der Waals surface area contributed by atoms with Crippen LogP contribution in [0.3, 0.4) is 0 Å². The lowest BCUT2D eigenvalue weighted by molar-refractivity contribution is -0.137. The monoisotopic (exact) mass is 491 g/mol. The Balaban J connectivity index is 2.17. The molecule has 1 fully saturated rings. The van der Waals surface area contributed by atoms with Crippen LogP contribution in [-0.2, 0) is 20.2 Å². The summed E-state index contributed by atoms with van der Waals surface area (Å²) in [6.45, 7) is 11.9. The Labute approximate surface area is 203 Å². The first-order valence-corrected chi connectivity index (χ1v) is 11.1. The smallest absolute Gasteiger partial charge is 0.443 e. The third-order valence-corrected chi connectivity index (χ3v) is 5.85. The topological polar surface area (TPSA) is 65.1 Å². The Morgan fingerprint density at radius 3 is 1.94 bits per heavy atom. The van der Waals surface area contributed by atoms with Crippen LogP contribution in [0.1, 0.15) is 64.4 Å². The molecule has 2 aromatic rings. The van der Waals surface area contributed by atoms with Gasteiger partial charge in [-0.05, 0) is 78.2 Å².